The Kier molecular flexibility index (Phi) is 6.24. The molecule has 31 heavy (non-hydrogen) atoms. The monoisotopic (exact) mass is 410 g/mol. The van der Waals surface area contributed by atoms with Gasteiger partial charge < -0.3 is 15.4 Å². The van der Waals surface area contributed by atoms with Crippen LogP contribution in [-0.4, -0.2) is 18.4 Å². The number of benzene rings is 4. The molecule has 4 aromatic rings. The van der Waals surface area contributed by atoms with E-state index in [9.17, 15) is 9.59 Å². The molecule has 5 nitrogen and oxygen atoms in total. The number of ether oxygens (including phenoxy) is 1. The van der Waals surface area contributed by atoms with Crippen LogP contribution in [0.5, 0.6) is 5.75 Å². The van der Waals surface area contributed by atoms with E-state index in [2.05, 4.69) is 10.6 Å². The summed E-state index contributed by atoms with van der Waals surface area (Å²) in [5.74, 6) is -0.189. The lowest BCUT2D eigenvalue weighted by Crippen LogP contribution is -2.25. The molecule has 0 spiro atoms. The largest absolute Gasteiger partial charge is 0.483 e. The molecule has 2 amide bonds. The maximum absolute atomic E-state index is 12.6. The lowest BCUT2D eigenvalue weighted by atomic mass is 10.1. The lowest BCUT2D eigenvalue weighted by Gasteiger charge is -2.13. The molecule has 0 atom stereocenters. The van der Waals surface area contributed by atoms with Gasteiger partial charge >= 0.3 is 0 Å². The van der Waals surface area contributed by atoms with Crippen molar-refractivity contribution in [1.82, 2.24) is 5.32 Å². The molecule has 0 fully saturated rings. The minimum Gasteiger partial charge on any atom is -0.483 e. The van der Waals surface area contributed by atoms with Crippen LogP contribution in [0.25, 0.3) is 10.8 Å². The third kappa shape index (κ3) is 5.08. The molecule has 2 N–H and O–H groups in total. The van der Waals surface area contributed by atoms with Crippen LogP contribution in [0, 0.1) is 0 Å². The summed E-state index contributed by atoms with van der Waals surface area (Å²) in [6, 6.07) is 30.1. The number of anilines is 1. The zero-order chi connectivity index (χ0) is 21.5. The molecule has 0 unspecified atom stereocenters. The van der Waals surface area contributed by atoms with Crippen molar-refractivity contribution >= 4 is 28.3 Å². The van der Waals surface area contributed by atoms with Crippen molar-refractivity contribution in [2.75, 3.05) is 11.9 Å². The van der Waals surface area contributed by atoms with Gasteiger partial charge in [-0.05, 0) is 29.1 Å². The van der Waals surface area contributed by atoms with Crippen LogP contribution in [0.2, 0.25) is 0 Å². The van der Waals surface area contributed by atoms with E-state index in [1.807, 2.05) is 72.8 Å². The maximum atomic E-state index is 12.6. The predicted molar refractivity (Wildman–Crippen MR) is 122 cm³/mol. The Morgan fingerprint density at radius 1 is 0.742 bits per heavy atom. The number of para-hydroxylation sites is 1. The molecule has 0 aromatic heterocycles. The average Bonchev–Trinajstić information content (AvgIpc) is 2.82. The van der Waals surface area contributed by atoms with Crippen molar-refractivity contribution in [3.63, 3.8) is 0 Å². The molecule has 0 heterocycles. The number of hydrogen-bond acceptors (Lipinski definition) is 3. The van der Waals surface area contributed by atoms with Crippen molar-refractivity contribution in [1.29, 1.82) is 0 Å². The van der Waals surface area contributed by atoms with E-state index >= 15 is 0 Å². The van der Waals surface area contributed by atoms with Crippen molar-refractivity contribution in [3.05, 3.63) is 108 Å². The lowest BCUT2D eigenvalue weighted by molar-refractivity contribution is -0.118. The summed E-state index contributed by atoms with van der Waals surface area (Å²) < 4.78 is 5.68. The topological polar surface area (TPSA) is 67.4 Å². The summed E-state index contributed by atoms with van der Waals surface area (Å²) in [4.78, 5) is 25.1. The van der Waals surface area contributed by atoms with Gasteiger partial charge in [-0.25, -0.2) is 0 Å². The van der Waals surface area contributed by atoms with Crippen molar-refractivity contribution in [3.8, 4) is 5.75 Å². The molecular weight excluding hydrogens is 388 g/mol. The molecule has 0 bridgehead atoms. The number of nitrogens with one attached hydrogen (secondary N) is 2. The van der Waals surface area contributed by atoms with Gasteiger partial charge in [0, 0.05) is 17.6 Å². The second kappa shape index (κ2) is 9.59. The number of fused-ring (bicyclic) bond motifs is 1. The first kappa shape index (κ1) is 20.2. The molecule has 0 saturated carbocycles. The van der Waals surface area contributed by atoms with Gasteiger partial charge in [0.2, 0.25) is 0 Å². The number of hydrogen-bond donors (Lipinski definition) is 2. The van der Waals surface area contributed by atoms with Crippen molar-refractivity contribution in [2.24, 2.45) is 0 Å². The third-order valence-electron chi connectivity index (χ3n) is 4.85. The van der Waals surface area contributed by atoms with Gasteiger partial charge in [-0.3, -0.25) is 9.59 Å². The maximum Gasteiger partial charge on any atom is 0.262 e. The van der Waals surface area contributed by atoms with Gasteiger partial charge in [0.25, 0.3) is 11.8 Å². The highest BCUT2D eigenvalue weighted by atomic mass is 16.5. The van der Waals surface area contributed by atoms with E-state index < -0.39 is 0 Å². The Labute approximate surface area is 180 Å². The SMILES string of the molecule is O=C(COc1ccccc1C(=O)NCc1ccccc1)Nc1cccc2ccccc12. The Morgan fingerprint density at radius 3 is 2.32 bits per heavy atom. The highest BCUT2D eigenvalue weighted by molar-refractivity contribution is 6.02. The van der Waals surface area contributed by atoms with Crippen LogP contribution in [0.4, 0.5) is 5.69 Å². The summed E-state index contributed by atoms with van der Waals surface area (Å²) in [6.45, 7) is 0.210. The summed E-state index contributed by atoms with van der Waals surface area (Å²) >= 11 is 0. The van der Waals surface area contributed by atoms with Gasteiger partial charge in [-0.2, -0.15) is 0 Å². The Morgan fingerprint density at radius 2 is 1.45 bits per heavy atom. The predicted octanol–water partition coefficient (Wildman–Crippen LogP) is 4.79. The van der Waals surface area contributed by atoms with E-state index in [-0.39, 0.29) is 18.4 Å². The summed E-state index contributed by atoms with van der Waals surface area (Å²) in [5, 5.41) is 7.77. The van der Waals surface area contributed by atoms with Gasteiger partial charge in [0.05, 0.1) is 5.56 Å². The minimum atomic E-state index is -0.296. The van der Waals surface area contributed by atoms with Crippen LogP contribution in [0.1, 0.15) is 15.9 Å². The van der Waals surface area contributed by atoms with Crippen LogP contribution < -0.4 is 15.4 Å². The highest BCUT2D eigenvalue weighted by Gasteiger charge is 2.14. The fraction of sp³-hybridized carbons (Fsp3) is 0.0769. The zero-order valence-corrected chi connectivity index (χ0v) is 16.9. The number of carbonyl (C=O) groups excluding carboxylic acids is 2. The zero-order valence-electron chi connectivity index (χ0n) is 16.9. The first-order chi connectivity index (χ1) is 15.2. The first-order valence-corrected chi connectivity index (χ1v) is 10.0. The van der Waals surface area contributed by atoms with E-state index in [0.717, 1.165) is 22.0 Å². The van der Waals surface area contributed by atoms with Crippen LogP contribution in [-0.2, 0) is 11.3 Å². The van der Waals surface area contributed by atoms with Gasteiger partial charge in [0.1, 0.15) is 5.75 Å². The number of rotatable bonds is 7. The molecule has 5 heteroatoms. The Hall–Kier alpha value is -4.12. The molecule has 0 saturated heterocycles. The normalized spacial score (nSPS) is 10.5. The number of carbonyl (C=O) groups is 2. The smallest absolute Gasteiger partial charge is 0.262 e. The van der Waals surface area contributed by atoms with E-state index in [0.29, 0.717) is 17.9 Å². The summed E-state index contributed by atoms with van der Waals surface area (Å²) in [7, 11) is 0. The molecule has 0 radical (unpaired) electrons. The molecule has 0 aliphatic carbocycles. The van der Waals surface area contributed by atoms with Crippen molar-refractivity contribution in [2.45, 2.75) is 6.54 Å². The van der Waals surface area contributed by atoms with Gasteiger partial charge in [0.15, 0.2) is 6.61 Å². The molecule has 4 rings (SSSR count). The third-order valence-corrected chi connectivity index (χ3v) is 4.85. The van der Waals surface area contributed by atoms with Crippen molar-refractivity contribution < 1.29 is 14.3 Å². The Balaban J connectivity index is 1.39. The molecular formula is C26H22N2O3. The van der Waals surface area contributed by atoms with Crippen LogP contribution in [0.3, 0.4) is 0 Å². The second-order valence-electron chi connectivity index (χ2n) is 7.03. The van der Waals surface area contributed by atoms with Crippen LogP contribution >= 0.6 is 0 Å². The van der Waals surface area contributed by atoms with Crippen LogP contribution in [0.15, 0.2) is 97.1 Å². The molecule has 4 aromatic carbocycles. The first-order valence-electron chi connectivity index (χ1n) is 10.0. The number of amides is 2. The highest BCUT2D eigenvalue weighted by Crippen LogP contribution is 2.23. The van der Waals surface area contributed by atoms with E-state index in [4.69, 9.17) is 4.74 Å². The van der Waals surface area contributed by atoms with Gasteiger partial charge in [-0.15, -0.1) is 0 Å². The molecule has 0 aliphatic heterocycles. The molecule has 0 aliphatic rings. The second-order valence-corrected chi connectivity index (χ2v) is 7.03. The fourth-order valence-corrected chi connectivity index (χ4v) is 3.32. The summed E-state index contributed by atoms with van der Waals surface area (Å²) in [5.41, 5.74) is 2.11. The quantitative estimate of drug-likeness (QED) is 0.460. The van der Waals surface area contributed by atoms with E-state index in [1.165, 1.54) is 0 Å². The van der Waals surface area contributed by atoms with Gasteiger partial charge in [-0.1, -0.05) is 78.9 Å². The molecule has 154 valence electrons. The standard InChI is InChI=1S/C26H22N2O3/c29-25(28-23-15-8-12-20-11-4-5-13-21(20)23)18-31-24-16-7-6-14-22(24)26(30)27-17-19-9-2-1-3-10-19/h1-16H,17-18H2,(H,27,30)(H,28,29). The summed E-state index contributed by atoms with van der Waals surface area (Å²) in [6.07, 6.45) is 0. The average molecular weight is 410 g/mol. The fourth-order valence-electron chi connectivity index (χ4n) is 3.32. The van der Waals surface area contributed by atoms with E-state index in [1.54, 1.807) is 24.3 Å². The Bertz CT molecular complexity index is 1200. The minimum absolute atomic E-state index is 0.202.